The van der Waals surface area contributed by atoms with Crippen molar-refractivity contribution >= 4 is 17.0 Å². The van der Waals surface area contributed by atoms with Gasteiger partial charge in [0.05, 0.1) is 18.0 Å². The molecule has 5 heteroatoms. The largest absolute Gasteiger partial charge is 0.388 e. The molecule has 1 fully saturated rings. The van der Waals surface area contributed by atoms with Gasteiger partial charge in [-0.3, -0.25) is 4.90 Å². The lowest BCUT2D eigenvalue weighted by Gasteiger charge is -2.26. The van der Waals surface area contributed by atoms with Gasteiger partial charge in [-0.2, -0.15) is 0 Å². The molecule has 0 aromatic carbocycles. The van der Waals surface area contributed by atoms with Gasteiger partial charge in [0.1, 0.15) is 5.65 Å². The molecule has 0 spiro atoms. The Balaban J connectivity index is 1.48. The zero-order valence-electron chi connectivity index (χ0n) is 13.9. The zero-order chi connectivity index (χ0) is 16.5. The lowest BCUT2D eigenvalue weighted by molar-refractivity contribution is 0.120. The molecular formula is C19H23N3OS. The van der Waals surface area contributed by atoms with Crippen LogP contribution in [0.15, 0.2) is 42.0 Å². The fourth-order valence-electron chi connectivity index (χ4n) is 3.69. The van der Waals surface area contributed by atoms with E-state index in [-0.39, 0.29) is 6.10 Å². The second-order valence-electron chi connectivity index (χ2n) is 6.72. The van der Waals surface area contributed by atoms with Gasteiger partial charge in [0, 0.05) is 23.7 Å². The van der Waals surface area contributed by atoms with E-state index in [1.807, 2.05) is 23.7 Å². The van der Waals surface area contributed by atoms with Gasteiger partial charge < -0.3 is 9.51 Å². The van der Waals surface area contributed by atoms with Crippen molar-refractivity contribution in [1.29, 1.82) is 0 Å². The van der Waals surface area contributed by atoms with E-state index in [9.17, 15) is 5.11 Å². The van der Waals surface area contributed by atoms with Gasteiger partial charge in [0.15, 0.2) is 0 Å². The Labute approximate surface area is 146 Å². The molecule has 1 aliphatic heterocycles. The van der Waals surface area contributed by atoms with Crippen molar-refractivity contribution in [2.45, 2.75) is 44.9 Å². The molecule has 0 saturated carbocycles. The molecule has 1 aliphatic rings. The van der Waals surface area contributed by atoms with E-state index in [0.717, 1.165) is 36.5 Å². The van der Waals surface area contributed by atoms with Crippen LogP contribution in [0.4, 0.5) is 0 Å². The van der Waals surface area contributed by atoms with E-state index in [2.05, 4.69) is 39.5 Å². The number of fused-ring (bicyclic) bond motifs is 1. The highest BCUT2D eigenvalue weighted by Crippen LogP contribution is 2.30. The summed E-state index contributed by atoms with van der Waals surface area (Å²) in [6, 6.07) is 8.72. The third-order valence-corrected chi connectivity index (χ3v) is 5.95. The van der Waals surface area contributed by atoms with Crippen LogP contribution >= 0.6 is 11.3 Å². The highest BCUT2D eigenvalue weighted by molar-refractivity contribution is 7.10. The van der Waals surface area contributed by atoms with Gasteiger partial charge in [-0.05, 0) is 61.9 Å². The van der Waals surface area contributed by atoms with Crippen LogP contribution in [-0.2, 0) is 6.54 Å². The van der Waals surface area contributed by atoms with Crippen molar-refractivity contribution in [2.75, 3.05) is 6.54 Å². The maximum Gasteiger partial charge on any atom is 0.137 e. The van der Waals surface area contributed by atoms with Crippen molar-refractivity contribution < 1.29 is 5.11 Å². The molecule has 4 nitrogen and oxygen atoms in total. The van der Waals surface area contributed by atoms with Crippen LogP contribution in [-0.4, -0.2) is 32.0 Å². The Hall–Kier alpha value is -1.69. The van der Waals surface area contributed by atoms with E-state index in [0.29, 0.717) is 6.04 Å². The zero-order valence-corrected chi connectivity index (χ0v) is 14.7. The highest BCUT2D eigenvalue weighted by Gasteiger charge is 2.28. The minimum Gasteiger partial charge on any atom is -0.388 e. The number of hydrogen-bond acceptors (Lipinski definition) is 4. The Morgan fingerprint density at radius 1 is 1.42 bits per heavy atom. The molecule has 4 rings (SSSR count). The minimum absolute atomic E-state index is 0.347. The Morgan fingerprint density at radius 3 is 3.17 bits per heavy atom. The van der Waals surface area contributed by atoms with E-state index >= 15 is 0 Å². The molecule has 126 valence electrons. The van der Waals surface area contributed by atoms with Crippen LogP contribution in [0.1, 0.15) is 41.5 Å². The molecule has 4 heterocycles. The summed E-state index contributed by atoms with van der Waals surface area (Å²) in [7, 11) is 0. The first-order valence-electron chi connectivity index (χ1n) is 8.59. The topological polar surface area (TPSA) is 40.8 Å². The highest BCUT2D eigenvalue weighted by atomic mass is 32.1. The first-order valence-corrected chi connectivity index (χ1v) is 9.47. The number of hydrogen-bond donors (Lipinski definition) is 1. The van der Waals surface area contributed by atoms with E-state index in [1.165, 1.54) is 17.7 Å². The van der Waals surface area contributed by atoms with Crippen LogP contribution < -0.4 is 0 Å². The van der Waals surface area contributed by atoms with Crippen molar-refractivity contribution in [3.05, 3.63) is 58.2 Å². The van der Waals surface area contributed by atoms with Crippen LogP contribution in [0.2, 0.25) is 0 Å². The molecular weight excluding hydrogens is 318 g/mol. The van der Waals surface area contributed by atoms with Crippen molar-refractivity contribution in [1.82, 2.24) is 14.3 Å². The summed E-state index contributed by atoms with van der Waals surface area (Å²) < 4.78 is 2.18. The monoisotopic (exact) mass is 341 g/mol. The normalized spacial score (nSPS) is 20.0. The fourth-order valence-corrected chi connectivity index (χ4v) is 4.41. The predicted octanol–water partition coefficient (Wildman–Crippen LogP) is 3.79. The molecule has 2 unspecified atom stereocenters. The third kappa shape index (κ3) is 3.11. The molecule has 1 N–H and O–H groups in total. The van der Waals surface area contributed by atoms with Crippen LogP contribution in [0.5, 0.6) is 0 Å². The summed E-state index contributed by atoms with van der Waals surface area (Å²) in [5.41, 5.74) is 3.47. The van der Waals surface area contributed by atoms with Gasteiger partial charge >= 0.3 is 0 Å². The average molecular weight is 341 g/mol. The fraction of sp³-hybridized carbons (Fsp3) is 0.421. The number of aromatic nitrogens is 2. The van der Waals surface area contributed by atoms with E-state index < -0.39 is 0 Å². The number of likely N-dealkylation sites (tertiary alicyclic amines) is 1. The van der Waals surface area contributed by atoms with Crippen molar-refractivity contribution in [3.63, 3.8) is 0 Å². The van der Waals surface area contributed by atoms with Gasteiger partial charge in [-0.25, -0.2) is 4.98 Å². The van der Waals surface area contributed by atoms with Gasteiger partial charge in [0.25, 0.3) is 0 Å². The molecule has 2 atom stereocenters. The third-order valence-electron chi connectivity index (χ3n) is 4.98. The second-order valence-corrected chi connectivity index (χ2v) is 7.69. The summed E-state index contributed by atoms with van der Waals surface area (Å²) in [4.78, 5) is 8.11. The molecule has 3 aromatic rings. The Kier molecular flexibility index (Phi) is 4.39. The first-order chi connectivity index (χ1) is 11.7. The van der Waals surface area contributed by atoms with Gasteiger partial charge in [-0.1, -0.05) is 6.07 Å². The smallest absolute Gasteiger partial charge is 0.137 e. The average Bonchev–Trinajstić information content (AvgIpc) is 3.30. The van der Waals surface area contributed by atoms with Crippen molar-refractivity contribution in [2.24, 2.45) is 0 Å². The summed E-state index contributed by atoms with van der Waals surface area (Å²) in [6.07, 6.45) is 6.94. The number of aliphatic hydroxyl groups excluding tert-OH is 1. The molecule has 3 aromatic heterocycles. The quantitative estimate of drug-likeness (QED) is 0.767. The lowest BCUT2D eigenvalue weighted by Crippen LogP contribution is -2.30. The van der Waals surface area contributed by atoms with E-state index in [1.54, 1.807) is 11.3 Å². The number of pyridine rings is 1. The Morgan fingerprint density at radius 2 is 2.33 bits per heavy atom. The van der Waals surface area contributed by atoms with Gasteiger partial charge in [0.2, 0.25) is 0 Å². The second kappa shape index (κ2) is 6.67. The predicted molar refractivity (Wildman–Crippen MR) is 97.3 cm³/mol. The minimum atomic E-state index is -0.347. The van der Waals surface area contributed by atoms with Crippen LogP contribution in [0, 0.1) is 6.92 Å². The number of imidazole rings is 1. The van der Waals surface area contributed by atoms with E-state index in [4.69, 9.17) is 0 Å². The first kappa shape index (κ1) is 15.8. The molecule has 24 heavy (non-hydrogen) atoms. The molecule has 0 aliphatic carbocycles. The molecule has 1 saturated heterocycles. The summed E-state index contributed by atoms with van der Waals surface area (Å²) in [6.45, 7) is 4.09. The molecule has 0 radical (unpaired) electrons. The maximum atomic E-state index is 10.5. The number of nitrogens with zero attached hydrogens (tertiary/aromatic N) is 3. The summed E-state index contributed by atoms with van der Waals surface area (Å²) >= 11 is 1.64. The van der Waals surface area contributed by atoms with Crippen LogP contribution in [0.25, 0.3) is 5.65 Å². The van der Waals surface area contributed by atoms with Gasteiger partial charge in [-0.15, -0.1) is 11.3 Å². The molecule has 0 amide bonds. The SMILES string of the molecule is Cc1ccn2c(CN3CCCC3CC(O)c3cccs3)cnc2c1. The summed E-state index contributed by atoms with van der Waals surface area (Å²) in [5, 5.41) is 12.5. The Bertz CT molecular complexity index is 811. The number of thiophene rings is 1. The lowest BCUT2D eigenvalue weighted by atomic mass is 10.1. The molecule has 0 bridgehead atoms. The number of aliphatic hydroxyl groups is 1. The number of aryl methyl sites for hydroxylation is 1. The summed E-state index contributed by atoms with van der Waals surface area (Å²) in [5.74, 6) is 0. The number of rotatable bonds is 5. The maximum absolute atomic E-state index is 10.5. The van der Waals surface area contributed by atoms with Crippen LogP contribution in [0.3, 0.4) is 0 Å². The van der Waals surface area contributed by atoms with Crippen molar-refractivity contribution in [3.8, 4) is 0 Å². The standard InChI is InChI=1S/C19H23N3OS/c1-14-6-8-22-16(12-20-19(22)10-14)13-21-7-2-4-15(21)11-17(23)18-5-3-9-24-18/h3,5-6,8-10,12,15,17,23H,2,4,7,11,13H2,1H3.